The molecule has 34 heavy (non-hydrogen) atoms. The fraction of sp³-hybridized carbons (Fsp3) is 0.400. The number of anilines is 2. The van der Waals surface area contributed by atoms with Gasteiger partial charge in [-0.2, -0.15) is 0 Å². The third kappa shape index (κ3) is 5.78. The SMILES string of the molecule is CCN(CC(=O)Nc1ccc2c(c1)OCCO2)C(=O)C1CCCN(C(=O)Nc2ccccc2)C1. The molecule has 0 bridgehead atoms. The average Bonchev–Trinajstić information content (AvgIpc) is 2.87. The molecule has 0 radical (unpaired) electrons. The van der Waals surface area contributed by atoms with Crippen LogP contribution in [-0.2, 0) is 9.59 Å². The number of nitrogens with zero attached hydrogens (tertiary/aromatic N) is 2. The second-order valence-corrected chi connectivity index (χ2v) is 8.34. The van der Waals surface area contributed by atoms with Crippen LogP contribution in [0.1, 0.15) is 19.8 Å². The summed E-state index contributed by atoms with van der Waals surface area (Å²) in [5, 5.41) is 5.70. The zero-order valence-corrected chi connectivity index (χ0v) is 19.3. The summed E-state index contributed by atoms with van der Waals surface area (Å²) in [5.74, 6) is 0.493. The molecular weight excluding hydrogens is 436 g/mol. The second-order valence-electron chi connectivity index (χ2n) is 8.34. The Labute approximate surface area is 199 Å². The molecule has 1 saturated heterocycles. The Bertz CT molecular complexity index is 1030. The van der Waals surface area contributed by atoms with Gasteiger partial charge in [-0.05, 0) is 44.0 Å². The molecule has 0 aromatic heterocycles. The maximum absolute atomic E-state index is 13.2. The lowest BCUT2D eigenvalue weighted by Gasteiger charge is -2.34. The first kappa shape index (κ1) is 23.4. The molecule has 2 aliphatic heterocycles. The van der Waals surface area contributed by atoms with E-state index in [1.807, 2.05) is 37.3 Å². The number of carbonyl (C=O) groups is 3. The number of nitrogens with one attached hydrogen (secondary N) is 2. The highest BCUT2D eigenvalue weighted by Crippen LogP contribution is 2.32. The normalized spacial score (nSPS) is 17.0. The quantitative estimate of drug-likeness (QED) is 0.681. The molecule has 9 heteroatoms. The predicted octanol–water partition coefficient (Wildman–Crippen LogP) is 3.19. The van der Waals surface area contributed by atoms with E-state index in [4.69, 9.17) is 9.47 Å². The molecule has 4 rings (SSSR count). The number of carbonyl (C=O) groups excluding carboxylic acids is 3. The molecule has 2 aromatic carbocycles. The van der Waals surface area contributed by atoms with E-state index < -0.39 is 0 Å². The summed E-state index contributed by atoms with van der Waals surface area (Å²) in [6.07, 6.45) is 1.42. The Kier molecular flexibility index (Phi) is 7.51. The van der Waals surface area contributed by atoms with Crippen molar-refractivity contribution >= 4 is 29.2 Å². The van der Waals surface area contributed by atoms with Crippen LogP contribution in [0.25, 0.3) is 0 Å². The number of likely N-dealkylation sites (N-methyl/N-ethyl adjacent to an activating group) is 1. The van der Waals surface area contributed by atoms with E-state index in [0.29, 0.717) is 62.1 Å². The lowest BCUT2D eigenvalue weighted by atomic mass is 9.96. The van der Waals surface area contributed by atoms with E-state index in [0.717, 1.165) is 6.42 Å². The Morgan fingerprint density at radius 2 is 1.76 bits per heavy atom. The molecule has 0 aliphatic carbocycles. The molecular formula is C25H30N4O5. The number of ether oxygens (including phenoxy) is 2. The monoisotopic (exact) mass is 466 g/mol. The zero-order chi connectivity index (χ0) is 23.9. The topological polar surface area (TPSA) is 100 Å². The van der Waals surface area contributed by atoms with Crippen molar-refractivity contribution in [1.82, 2.24) is 9.80 Å². The van der Waals surface area contributed by atoms with Crippen LogP contribution >= 0.6 is 0 Å². The van der Waals surface area contributed by atoms with Crippen LogP contribution in [0, 0.1) is 5.92 Å². The van der Waals surface area contributed by atoms with Gasteiger partial charge in [0.25, 0.3) is 0 Å². The lowest BCUT2D eigenvalue weighted by molar-refractivity contribution is -0.139. The Balaban J connectivity index is 1.32. The molecule has 2 aliphatic rings. The van der Waals surface area contributed by atoms with Crippen molar-refractivity contribution in [2.45, 2.75) is 19.8 Å². The number of rotatable bonds is 6. The van der Waals surface area contributed by atoms with Gasteiger partial charge in [0, 0.05) is 37.1 Å². The summed E-state index contributed by atoms with van der Waals surface area (Å²) >= 11 is 0. The average molecular weight is 467 g/mol. The number of fused-ring (bicyclic) bond motifs is 1. The molecule has 1 fully saturated rings. The number of piperidine rings is 1. The first-order valence-corrected chi connectivity index (χ1v) is 11.6. The van der Waals surface area contributed by atoms with Gasteiger partial charge < -0.3 is 29.9 Å². The first-order valence-electron chi connectivity index (χ1n) is 11.6. The third-order valence-corrected chi connectivity index (χ3v) is 5.94. The van der Waals surface area contributed by atoms with Gasteiger partial charge in [-0.1, -0.05) is 18.2 Å². The number of para-hydroxylation sites is 1. The van der Waals surface area contributed by atoms with Crippen LogP contribution in [0.15, 0.2) is 48.5 Å². The van der Waals surface area contributed by atoms with Crippen LogP contribution in [0.4, 0.5) is 16.2 Å². The Morgan fingerprint density at radius 1 is 1.00 bits per heavy atom. The molecule has 4 amide bonds. The smallest absolute Gasteiger partial charge is 0.321 e. The molecule has 2 N–H and O–H groups in total. The van der Waals surface area contributed by atoms with Gasteiger partial charge in [0.05, 0.1) is 12.5 Å². The van der Waals surface area contributed by atoms with Crippen molar-refractivity contribution in [3.8, 4) is 11.5 Å². The first-order chi connectivity index (χ1) is 16.5. The highest BCUT2D eigenvalue weighted by atomic mass is 16.6. The van der Waals surface area contributed by atoms with Crippen LogP contribution in [0.3, 0.4) is 0 Å². The molecule has 180 valence electrons. The van der Waals surface area contributed by atoms with Gasteiger partial charge in [0.1, 0.15) is 13.2 Å². The maximum Gasteiger partial charge on any atom is 0.321 e. The summed E-state index contributed by atoms with van der Waals surface area (Å²) in [6.45, 7) is 4.08. The largest absolute Gasteiger partial charge is 0.486 e. The standard InChI is InChI=1S/C25H30N4O5/c1-2-28(17-23(30)26-20-10-11-21-22(15-20)34-14-13-33-21)24(31)18-7-6-12-29(16-18)25(32)27-19-8-4-3-5-9-19/h3-5,8-11,15,18H,2,6-7,12-14,16-17H2,1H3,(H,26,30)(H,27,32). The molecule has 9 nitrogen and oxygen atoms in total. The van der Waals surface area contributed by atoms with Crippen LogP contribution in [0.2, 0.25) is 0 Å². The maximum atomic E-state index is 13.2. The Morgan fingerprint density at radius 3 is 2.53 bits per heavy atom. The summed E-state index contributed by atoms with van der Waals surface area (Å²) < 4.78 is 11.1. The summed E-state index contributed by atoms with van der Waals surface area (Å²) in [6, 6.07) is 14.2. The number of hydrogen-bond donors (Lipinski definition) is 2. The van der Waals surface area contributed by atoms with E-state index in [1.54, 1.807) is 23.1 Å². The summed E-state index contributed by atoms with van der Waals surface area (Å²) in [7, 11) is 0. The van der Waals surface area contributed by atoms with Crippen molar-refractivity contribution in [3.05, 3.63) is 48.5 Å². The number of hydrogen-bond acceptors (Lipinski definition) is 5. The van der Waals surface area contributed by atoms with Gasteiger partial charge >= 0.3 is 6.03 Å². The van der Waals surface area contributed by atoms with Crippen molar-refractivity contribution < 1.29 is 23.9 Å². The van der Waals surface area contributed by atoms with E-state index in [1.165, 1.54) is 4.90 Å². The fourth-order valence-corrected chi connectivity index (χ4v) is 4.19. The van der Waals surface area contributed by atoms with Crippen molar-refractivity contribution in [2.75, 3.05) is 50.0 Å². The molecule has 0 saturated carbocycles. The lowest BCUT2D eigenvalue weighted by Crippen LogP contribution is -2.49. The van der Waals surface area contributed by atoms with Crippen LogP contribution in [0.5, 0.6) is 11.5 Å². The van der Waals surface area contributed by atoms with Crippen LogP contribution < -0.4 is 20.1 Å². The minimum absolute atomic E-state index is 0.0590. The highest BCUT2D eigenvalue weighted by Gasteiger charge is 2.31. The van der Waals surface area contributed by atoms with Gasteiger partial charge in [0.2, 0.25) is 11.8 Å². The molecule has 1 atom stereocenters. The predicted molar refractivity (Wildman–Crippen MR) is 128 cm³/mol. The van der Waals surface area contributed by atoms with Crippen LogP contribution in [-0.4, -0.2) is 67.0 Å². The number of amides is 4. The highest BCUT2D eigenvalue weighted by molar-refractivity contribution is 5.95. The van der Waals surface area contributed by atoms with Gasteiger partial charge in [0.15, 0.2) is 11.5 Å². The van der Waals surface area contributed by atoms with Crippen molar-refractivity contribution in [3.63, 3.8) is 0 Å². The minimum Gasteiger partial charge on any atom is -0.486 e. The van der Waals surface area contributed by atoms with Crippen molar-refractivity contribution in [2.24, 2.45) is 5.92 Å². The number of benzene rings is 2. The number of likely N-dealkylation sites (tertiary alicyclic amines) is 1. The zero-order valence-electron chi connectivity index (χ0n) is 19.3. The van der Waals surface area contributed by atoms with E-state index >= 15 is 0 Å². The molecule has 2 heterocycles. The van der Waals surface area contributed by atoms with Gasteiger partial charge in [-0.3, -0.25) is 9.59 Å². The van der Waals surface area contributed by atoms with Crippen molar-refractivity contribution in [1.29, 1.82) is 0 Å². The van der Waals surface area contributed by atoms with E-state index in [9.17, 15) is 14.4 Å². The van der Waals surface area contributed by atoms with E-state index in [-0.39, 0.29) is 30.3 Å². The second kappa shape index (κ2) is 10.9. The fourth-order valence-electron chi connectivity index (χ4n) is 4.19. The third-order valence-electron chi connectivity index (χ3n) is 5.94. The minimum atomic E-state index is -0.336. The summed E-state index contributed by atoms with van der Waals surface area (Å²) in [4.78, 5) is 41.7. The summed E-state index contributed by atoms with van der Waals surface area (Å²) in [5.41, 5.74) is 1.30. The molecule has 0 spiro atoms. The Hall–Kier alpha value is -3.75. The molecule has 1 unspecified atom stereocenters. The van der Waals surface area contributed by atoms with Gasteiger partial charge in [-0.25, -0.2) is 4.79 Å². The van der Waals surface area contributed by atoms with E-state index in [2.05, 4.69) is 10.6 Å². The van der Waals surface area contributed by atoms with Gasteiger partial charge in [-0.15, -0.1) is 0 Å². The number of urea groups is 1. The molecule has 2 aromatic rings.